The third-order valence-electron chi connectivity index (χ3n) is 4.42. The minimum Gasteiger partial charge on any atom is -0.451 e. The summed E-state index contributed by atoms with van der Waals surface area (Å²) in [6, 6.07) is 4.18. The maximum absolute atomic E-state index is 5.79. The van der Waals surface area contributed by atoms with E-state index in [1.807, 2.05) is 19.9 Å². The van der Waals surface area contributed by atoms with Gasteiger partial charge in [0.1, 0.15) is 0 Å². The van der Waals surface area contributed by atoms with Gasteiger partial charge in [0.15, 0.2) is 16.6 Å². The number of thiazole rings is 1. The summed E-state index contributed by atoms with van der Waals surface area (Å²) < 4.78 is 11.4. The van der Waals surface area contributed by atoms with Crippen LogP contribution >= 0.6 is 11.3 Å². The highest BCUT2D eigenvalue weighted by atomic mass is 32.1. The van der Waals surface area contributed by atoms with Crippen molar-refractivity contribution < 1.29 is 9.47 Å². The lowest BCUT2D eigenvalue weighted by atomic mass is 10.1. The molecule has 6 heteroatoms. The molecular weight excluding hydrogens is 310 g/mol. The van der Waals surface area contributed by atoms with Gasteiger partial charge in [0.2, 0.25) is 6.29 Å². The molecule has 1 unspecified atom stereocenters. The van der Waals surface area contributed by atoms with E-state index in [9.17, 15) is 0 Å². The highest BCUT2D eigenvalue weighted by Crippen LogP contribution is 2.42. The monoisotopic (exact) mass is 331 g/mol. The Bertz CT molecular complexity index is 723. The molecule has 0 amide bonds. The van der Waals surface area contributed by atoms with E-state index in [0.29, 0.717) is 0 Å². The van der Waals surface area contributed by atoms with Crippen molar-refractivity contribution in [1.29, 1.82) is 0 Å². The van der Waals surface area contributed by atoms with Crippen LogP contribution in [0.5, 0.6) is 11.5 Å². The van der Waals surface area contributed by atoms with Crippen LogP contribution in [0.4, 0.5) is 10.8 Å². The Balaban J connectivity index is 1.50. The van der Waals surface area contributed by atoms with E-state index in [1.54, 1.807) is 11.3 Å². The van der Waals surface area contributed by atoms with Crippen molar-refractivity contribution in [2.24, 2.45) is 0 Å². The second-order valence-corrected chi connectivity index (χ2v) is 6.92. The number of nitrogens with zero attached hydrogens (tertiary/aromatic N) is 3. The molecule has 2 aliphatic rings. The van der Waals surface area contributed by atoms with E-state index in [1.165, 1.54) is 11.3 Å². The van der Waals surface area contributed by atoms with Crippen molar-refractivity contribution in [2.75, 3.05) is 36.0 Å². The number of benzene rings is 1. The Labute approximate surface area is 140 Å². The summed E-state index contributed by atoms with van der Waals surface area (Å²) in [6.45, 7) is 10.1. The number of hydrogen-bond acceptors (Lipinski definition) is 6. The van der Waals surface area contributed by atoms with E-state index in [4.69, 9.17) is 9.47 Å². The summed E-state index contributed by atoms with van der Waals surface area (Å²) in [6.07, 6.45) is -0.191. The van der Waals surface area contributed by atoms with Gasteiger partial charge in [0.05, 0.1) is 5.69 Å². The number of hydrogen-bond donors (Lipinski definition) is 0. The first-order chi connectivity index (χ1) is 11.1. The van der Waals surface area contributed by atoms with Crippen molar-refractivity contribution in [2.45, 2.75) is 27.1 Å². The van der Waals surface area contributed by atoms with Gasteiger partial charge in [0, 0.05) is 49.7 Å². The van der Waals surface area contributed by atoms with Gasteiger partial charge in [-0.1, -0.05) is 0 Å². The van der Waals surface area contributed by atoms with Crippen molar-refractivity contribution in [1.82, 2.24) is 4.98 Å². The molecule has 0 spiro atoms. The predicted octanol–water partition coefficient (Wildman–Crippen LogP) is 3.20. The van der Waals surface area contributed by atoms with Gasteiger partial charge < -0.3 is 19.3 Å². The van der Waals surface area contributed by atoms with Gasteiger partial charge in [-0.15, -0.1) is 11.3 Å². The molecule has 5 nitrogen and oxygen atoms in total. The van der Waals surface area contributed by atoms with Crippen molar-refractivity contribution in [3.63, 3.8) is 0 Å². The zero-order valence-electron chi connectivity index (χ0n) is 13.7. The first-order valence-electron chi connectivity index (χ1n) is 8.01. The predicted molar refractivity (Wildman–Crippen MR) is 93.2 cm³/mol. The third-order valence-corrected chi connectivity index (χ3v) is 5.43. The lowest BCUT2D eigenvalue weighted by molar-refractivity contribution is 0.0675. The van der Waals surface area contributed by atoms with Crippen LogP contribution in [-0.4, -0.2) is 37.5 Å². The number of anilines is 2. The number of aryl methyl sites for hydroxylation is 1. The Morgan fingerprint density at radius 1 is 1.09 bits per heavy atom. The minimum atomic E-state index is -0.191. The molecule has 2 aliphatic heterocycles. The smallest absolute Gasteiger partial charge is 0.238 e. The highest BCUT2D eigenvalue weighted by Gasteiger charge is 2.27. The van der Waals surface area contributed by atoms with Crippen LogP contribution in [0.25, 0.3) is 0 Å². The summed E-state index contributed by atoms with van der Waals surface area (Å²) in [5.41, 5.74) is 3.52. The number of rotatable bonds is 2. The molecule has 3 heterocycles. The molecule has 2 aromatic rings. The first kappa shape index (κ1) is 14.6. The molecule has 1 aromatic heterocycles. The fourth-order valence-electron chi connectivity index (χ4n) is 3.23. The van der Waals surface area contributed by atoms with Gasteiger partial charge >= 0.3 is 0 Å². The van der Waals surface area contributed by atoms with Crippen molar-refractivity contribution >= 4 is 22.2 Å². The highest BCUT2D eigenvalue weighted by molar-refractivity contribution is 7.13. The fourth-order valence-corrected chi connectivity index (χ4v) is 4.09. The van der Waals surface area contributed by atoms with E-state index >= 15 is 0 Å². The first-order valence-corrected chi connectivity index (χ1v) is 8.89. The molecule has 1 atom stereocenters. The summed E-state index contributed by atoms with van der Waals surface area (Å²) in [5.74, 6) is 1.75. The Hall–Kier alpha value is -1.95. The normalized spacial score (nSPS) is 20.2. The van der Waals surface area contributed by atoms with Crippen LogP contribution in [0, 0.1) is 13.8 Å². The molecule has 0 radical (unpaired) electrons. The number of ether oxygens (including phenoxy) is 2. The van der Waals surface area contributed by atoms with Crippen LogP contribution in [0.3, 0.4) is 0 Å². The average Bonchev–Trinajstić information content (AvgIpc) is 3.14. The standard InChI is InChI=1S/C17H21N3O2S/c1-11-10-23-17(18-11)20-8-6-19(7-9-20)14-4-5-15-16(12(14)2)22-13(3)21-15/h4-5,10,13H,6-9H2,1-3H3. The molecule has 4 rings (SSSR count). The number of fused-ring (bicyclic) bond motifs is 1. The van der Waals surface area contributed by atoms with Crippen LogP contribution in [-0.2, 0) is 0 Å². The molecular formula is C17H21N3O2S. The quantitative estimate of drug-likeness (QED) is 0.845. The van der Waals surface area contributed by atoms with Crippen LogP contribution in [0.15, 0.2) is 17.5 Å². The second-order valence-electron chi connectivity index (χ2n) is 6.09. The Morgan fingerprint density at radius 2 is 1.83 bits per heavy atom. The molecule has 1 saturated heterocycles. The Kier molecular flexibility index (Phi) is 3.56. The summed E-state index contributed by atoms with van der Waals surface area (Å²) in [7, 11) is 0. The van der Waals surface area contributed by atoms with E-state index in [0.717, 1.165) is 48.5 Å². The van der Waals surface area contributed by atoms with Crippen LogP contribution in [0.2, 0.25) is 0 Å². The van der Waals surface area contributed by atoms with Crippen LogP contribution < -0.4 is 19.3 Å². The Morgan fingerprint density at radius 3 is 2.52 bits per heavy atom. The lowest BCUT2D eigenvalue weighted by Gasteiger charge is -2.36. The van der Waals surface area contributed by atoms with Gasteiger partial charge in [-0.05, 0) is 26.0 Å². The van der Waals surface area contributed by atoms with Gasteiger partial charge in [-0.3, -0.25) is 0 Å². The number of piperazine rings is 1. The third kappa shape index (κ3) is 2.61. The molecule has 0 N–H and O–H groups in total. The maximum Gasteiger partial charge on any atom is 0.238 e. The van der Waals surface area contributed by atoms with Gasteiger partial charge in [-0.25, -0.2) is 4.98 Å². The fraction of sp³-hybridized carbons (Fsp3) is 0.471. The largest absolute Gasteiger partial charge is 0.451 e. The zero-order chi connectivity index (χ0) is 16.0. The van der Waals surface area contributed by atoms with E-state index in [-0.39, 0.29) is 6.29 Å². The van der Waals surface area contributed by atoms with E-state index < -0.39 is 0 Å². The van der Waals surface area contributed by atoms with Crippen molar-refractivity contribution in [3.05, 3.63) is 28.8 Å². The summed E-state index contributed by atoms with van der Waals surface area (Å²) >= 11 is 1.73. The topological polar surface area (TPSA) is 37.8 Å². The summed E-state index contributed by atoms with van der Waals surface area (Å²) in [4.78, 5) is 9.40. The molecule has 122 valence electrons. The molecule has 1 aromatic carbocycles. The van der Waals surface area contributed by atoms with E-state index in [2.05, 4.69) is 33.2 Å². The molecule has 1 fully saturated rings. The summed E-state index contributed by atoms with van der Waals surface area (Å²) in [5, 5.41) is 3.25. The van der Waals surface area contributed by atoms with Crippen LogP contribution in [0.1, 0.15) is 18.2 Å². The molecule has 0 aliphatic carbocycles. The van der Waals surface area contributed by atoms with Gasteiger partial charge in [0.25, 0.3) is 0 Å². The molecule has 23 heavy (non-hydrogen) atoms. The maximum atomic E-state index is 5.79. The van der Waals surface area contributed by atoms with Gasteiger partial charge in [-0.2, -0.15) is 0 Å². The minimum absolute atomic E-state index is 0.191. The second kappa shape index (κ2) is 5.60. The number of aromatic nitrogens is 1. The average molecular weight is 331 g/mol. The molecule has 0 saturated carbocycles. The lowest BCUT2D eigenvalue weighted by Crippen LogP contribution is -2.46. The molecule has 0 bridgehead atoms. The SMILES string of the molecule is Cc1csc(N2CCN(c3ccc4c(c3C)OC(C)O4)CC2)n1. The zero-order valence-corrected chi connectivity index (χ0v) is 14.5. The van der Waals surface area contributed by atoms with Crippen molar-refractivity contribution in [3.8, 4) is 11.5 Å².